The van der Waals surface area contributed by atoms with Crippen molar-refractivity contribution >= 4 is 16.3 Å². The summed E-state index contributed by atoms with van der Waals surface area (Å²) in [6.45, 7) is 8.56. The molecular weight excluding hydrogens is 168 g/mol. The first kappa shape index (κ1) is 9.52. The predicted molar refractivity (Wildman–Crippen MR) is 54.5 cm³/mol. The quantitative estimate of drug-likeness (QED) is 0.767. The molecule has 0 radical (unpaired) electrons. The van der Waals surface area contributed by atoms with Gasteiger partial charge in [-0.05, 0) is 12.8 Å². The molecule has 1 unspecified atom stereocenters. The Morgan fingerprint density at radius 2 is 1.92 bits per heavy atom. The van der Waals surface area contributed by atoms with E-state index in [2.05, 4.69) is 25.8 Å². The lowest BCUT2D eigenvalue weighted by Crippen LogP contribution is -2.04. The van der Waals surface area contributed by atoms with Crippen LogP contribution in [0.4, 0.5) is 5.00 Å². The van der Waals surface area contributed by atoms with Crippen molar-refractivity contribution in [1.29, 1.82) is 0 Å². The van der Waals surface area contributed by atoms with Crippen LogP contribution in [0.3, 0.4) is 0 Å². The lowest BCUT2D eigenvalue weighted by molar-refractivity contribution is 0.526. The second kappa shape index (κ2) is 3.44. The molecule has 0 fully saturated rings. The first-order chi connectivity index (χ1) is 5.52. The molecule has 0 spiro atoms. The molecule has 1 aromatic heterocycles. The molecule has 1 aromatic rings. The standard InChI is InChI=1S/C9H16N2S/c1-5(2)6(3)8-9(10)12-7(4)11-8/h5-6H,10H2,1-4H3. The summed E-state index contributed by atoms with van der Waals surface area (Å²) >= 11 is 1.58. The smallest absolute Gasteiger partial charge is 0.110 e. The van der Waals surface area contributed by atoms with Crippen LogP contribution in [0, 0.1) is 12.8 Å². The van der Waals surface area contributed by atoms with Gasteiger partial charge in [0.1, 0.15) is 5.00 Å². The molecule has 0 aliphatic carbocycles. The van der Waals surface area contributed by atoms with Gasteiger partial charge in [-0.1, -0.05) is 20.8 Å². The minimum absolute atomic E-state index is 0.468. The molecule has 2 N–H and O–H groups in total. The fraction of sp³-hybridized carbons (Fsp3) is 0.667. The van der Waals surface area contributed by atoms with Gasteiger partial charge in [0.15, 0.2) is 0 Å². The van der Waals surface area contributed by atoms with Crippen LogP contribution in [-0.2, 0) is 0 Å². The fourth-order valence-corrected chi connectivity index (χ4v) is 1.90. The van der Waals surface area contributed by atoms with Crippen molar-refractivity contribution in [2.45, 2.75) is 33.6 Å². The highest BCUT2D eigenvalue weighted by Gasteiger charge is 2.16. The largest absolute Gasteiger partial charge is 0.389 e. The zero-order valence-corrected chi connectivity index (χ0v) is 8.90. The Labute approximate surface area is 77.8 Å². The van der Waals surface area contributed by atoms with Crippen molar-refractivity contribution in [3.8, 4) is 0 Å². The summed E-state index contributed by atoms with van der Waals surface area (Å²) in [7, 11) is 0. The summed E-state index contributed by atoms with van der Waals surface area (Å²) in [4.78, 5) is 4.42. The predicted octanol–water partition coefficient (Wildman–Crippen LogP) is 2.79. The Morgan fingerprint density at radius 3 is 2.25 bits per heavy atom. The Bertz CT molecular complexity index is 265. The number of aromatic nitrogens is 1. The van der Waals surface area contributed by atoms with E-state index in [0.717, 1.165) is 15.7 Å². The van der Waals surface area contributed by atoms with E-state index in [1.54, 1.807) is 11.3 Å². The van der Waals surface area contributed by atoms with Gasteiger partial charge in [-0.3, -0.25) is 0 Å². The van der Waals surface area contributed by atoms with Crippen molar-refractivity contribution in [3.63, 3.8) is 0 Å². The number of nitrogens with zero attached hydrogens (tertiary/aromatic N) is 1. The van der Waals surface area contributed by atoms with Crippen LogP contribution in [0.5, 0.6) is 0 Å². The summed E-state index contributed by atoms with van der Waals surface area (Å²) in [6, 6.07) is 0. The molecule has 68 valence electrons. The summed E-state index contributed by atoms with van der Waals surface area (Å²) in [5, 5.41) is 1.95. The Hall–Kier alpha value is -0.570. The zero-order valence-electron chi connectivity index (χ0n) is 8.09. The molecule has 0 aliphatic heterocycles. The first-order valence-electron chi connectivity index (χ1n) is 4.25. The molecule has 0 bridgehead atoms. The monoisotopic (exact) mass is 184 g/mol. The van der Waals surface area contributed by atoms with Gasteiger partial charge in [0, 0.05) is 5.92 Å². The summed E-state index contributed by atoms with van der Waals surface area (Å²) in [5.74, 6) is 1.07. The topological polar surface area (TPSA) is 38.9 Å². The van der Waals surface area contributed by atoms with Crippen molar-refractivity contribution in [2.75, 3.05) is 5.73 Å². The highest BCUT2D eigenvalue weighted by atomic mass is 32.1. The van der Waals surface area contributed by atoms with Gasteiger partial charge in [0.2, 0.25) is 0 Å². The Morgan fingerprint density at radius 1 is 1.33 bits per heavy atom. The number of aryl methyl sites for hydroxylation is 1. The van der Waals surface area contributed by atoms with Crippen LogP contribution in [0.25, 0.3) is 0 Å². The lowest BCUT2D eigenvalue weighted by atomic mass is 9.95. The van der Waals surface area contributed by atoms with Crippen molar-refractivity contribution < 1.29 is 0 Å². The number of nitrogens with two attached hydrogens (primary N) is 1. The van der Waals surface area contributed by atoms with Gasteiger partial charge >= 0.3 is 0 Å². The molecular formula is C9H16N2S. The van der Waals surface area contributed by atoms with E-state index < -0.39 is 0 Å². The Kier molecular flexibility index (Phi) is 2.73. The molecule has 1 atom stereocenters. The third-order valence-electron chi connectivity index (χ3n) is 2.22. The molecule has 0 saturated carbocycles. The maximum Gasteiger partial charge on any atom is 0.110 e. The number of nitrogen functional groups attached to an aromatic ring is 1. The SMILES string of the molecule is Cc1nc(C(C)C(C)C)c(N)s1. The number of hydrogen-bond donors (Lipinski definition) is 1. The average Bonchev–Trinajstić information content (AvgIpc) is 2.28. The number of hydrogen-bond acceptors (Lipinski definition) is 3. The van der Waals surface area contributed by atoms with Crippen LogP contribution in [0.2, 0.25) is 0 Å². The van der Waals surface area contributed by atoms with E-state index in [0.29, 0.717) is 11.8 Å². The van der Waals surface area contributed by atoms with E-state index in [-0.39, 0.29) is 0 Å². The molecule has 12 heavy (non-hydrogen) atoms. The molecule has 0 aromatic carbocycles. The van der Waals surface area contributed by atoms with Crippen molar-refractivity contribution in [2.24, 2.45) is 5.92 Å². The number of thiazole rings is 1. The molecule has 2 nitrogen and oxygen atoms in total. The second-order valence-corrected chi connectivity index (χ2v) is 4.75. The zero-order chi connectivity index (χ0) is 9.30. The van der Waals surface area contributed by atoms with Crippen LogP contribution >= 0.6 is 11.3 Å². The normalized spacial score (nSPS) is 13.8. The Balaban J connectivity index is 2.94. The molecule has 1 heterocycles. The van der Waals surface area contributed by atoms with Crippen LogP contribution in [0.15, 0.2) is 0 Å². The third-order valence-corrected chi connectivity index (χ3v) is 3.04. The van der Waals surface area contributed by atoms with E-state index in [1.165, 1.54) is 0 Å². The van der Waals surface area contributed by atoms with Gasteiger partial charge in [0.05, 0.1) is 10.7 Å². The molecule has 1 rings (SSSR count). The fourth-order valence-electron chi connectivity index (χ4n) is 1.10. The van der Waals surface area contributed by atoms with E-state index in [9.17, 15) is 0 Å². The minimum atomic E-state index is 0.468. The van der Waals surface area contributed by atoms with Crippen molar-refractivity contribution in [1.82, 2.24) is 4.98 Å². The number of anilines is 1. The molecule has 0 aliphatic rings. The van der Waals surface area contributed by atoms with Crippen LogP contribution in [0.1, 0.15) is 37.4 Å². The molecule has 0 amide bonds. The second-order valence-electron chi connectivity index (χ2n) is 3.52. The van der Waals surface area contributed by atoms with E-state index in [4.69, 9.17) is 5.73 Å². The summed E-state index contributed by atoms with van der Waals surface area (Å²) in [5.41, 5.74) is 6.91. The lowest BCUT2D eigenvalue weighted by Gasteiger charge is -2.13. The van der Waals surface area contributed by atoms with E-state index >= 15 is 0 Å². The van der Waals surface area contributed by atoms with Crippen molar-refractivity contribution in [3.05, 3.63) is 10.7 Å². The first-order valence-corrected chi connectivity index (χ1v) is 5.06. The van der Waals surface area contributed by atoms with Gasteiger partial charge in [0.25, 0.3) is 0 Å². The maximum absolute atomic E-state index is 5.84. The number of rotatable bonds is 2. The van der Waals surface area contributed by atoms with Crippen LogP contribution < -0.4 is 5.73 Å². The summed E-state index contributed by atoms with van der Waals surface area (Å²) < 4.78 is 0. The van der Waals surface area contributed by atoms with Gasteiger partial charge < -0.3 is 5.73 Å². The summed E-state index contributed by atoms with van der Waals surface area (Å²) in [6.07, 6.45) is 0. The van der Waals surface area contributed by atoms with E-state index in [1.807, 2.05) is 6.92 Å². The molecule has 0 saturated heterocycles. The highest BCUT2D eigenvalue weighted by Crippen LogP contribution is 2.31. The maximum atomic E-state index is 5.84. The average molecular weight is 184 g/mol. The van der Waals surface area contributed by atoms with Gasteiger partial charge in [-0.15, -0.1) is 11.3 Å². The van der Waals surface area contributed by atoms with Gasteiger partial charge in [-0.2, -0.15) is 0 Å². The molecule has 3 heteroatoms. The van der Waals surface area contributed by atoms with Gasteiger partial charge in [-0.25, -0.2) is 4.98 Å². The third kappa shape index (κ3) is 1.78. The highest BCUT2D eigenvalue weighted by molar-refractivity contribution is 7.15. The van der Waals surface area contributed by atoms with Crippen LogP contribution in [-0.4, -0.2) is 4.98 Å². The minimum Gasteiger partial charge on any atom is -0.389 e.